The van der Waals surface area contributed by atoms with Crippen LogP contribution >= 0.6 is 23.5 Å². The maximum atomic E-state index is 12.5. The summed E-state index contributed by atoms with van der Waals surface area (Å²) in [4.78, 5) is 40.5. The molecule has 0 saturated heterocycles. The molecule has 228 valence electrons. The van der Waals surface area contributed by atoms with Crippen molar-refractivity contribution < 1.29 is 19.1 Å². The summed E-state index contributed by atoms with van der Waals surface area (Å²) in [6.07, 6.45) is 0.724. The van der Waals surface area contributed by atoms with Gasteiger partial charge in [-0.2, -0.15) is 0 Å². The number of methoxy groups -OCH3 is 2. The molecule has 12 heteroatoms. The molecule has 0 aliphatic carbocycles. The number of benzene rings is 4. The fourth-order valence-corrected chi connectivity index (χ4v) is 6.00. The van der Waals surface area contributed by atoms with Gasteiger partial charge in [-0.1, -0.05) is 47.8 Å². The Hall–Kier alpha value is -4.94. The maximum Gasteiger partial charge on any atom is 0.234 e. The summed E-state index contributed by atoms with van der Waals surface area (Å²) < 4.78 is 10.5. The van der Waals surface area contributed by atoms with Crippen molar-refractivity contribution in [3.63, 3.8) is 0 Å². The number of carbonyl (C=O) groups excluding carboxylic acids is 2. The number of anilines is 2. The molecule has 2 heterocycles. The van der Waals surface area contributed by atoms with E-state index in [0.717, 1.165) is 62.5 Å². The number of thioether (sulfide) groups is 2. The van der Waals surface area contributed by atoms with E-state index < -0.39 is 0 Å². The Morgan fingerprint density at radius 3 is 1.47 bits per heavy atom. The monoisotopic (exact) mass is 638 g/mol. The fourth-order valence-electron chi connectivity index (χ4n) is 4.63. The van der Waals surface area contributed by atoms with Gasteiger partial charge >= 0.3 is 0 Å². The molecule has 0 atom stereocenters. The highest BCUT2D eigenvalue weighted by molar-refractivity contribution is 8.00. The van der Waals surface area contributed by atoms with E-state index in [1.807, 2.05) is 84.9 Å². The third kappa shape index (κ3) is 7.78. The average molecular weight is 639 g/mol. The molecule has 0 aliphatic rings. The molecular weight excluding hydrogens is 609 g/mol. The second-order valence-corrected chi connectivity index (χ2v) is 12.0. The summed E-state index contributed by atoms with van der Waals surface area (Å²) in [7, 11) is 3.24. The summed E-state index contributed by atoms with van der Waals surface area (Å²) in [5.41, 5.74) is 7.06. The van der Waals surface area contributed by atoms with Crippen molar-refractivity contribution in [3.8, 4) is 11.5 Å². The van der Waals surface area contributed by atoms with Crippen molar-refractivity contribution in [2.75, 3.05) is 36.4 Å². The number of carbonyl (C=O) groups is 2. The van der Waals surface area contributed by atoms with E-state index in [1.54, 1.807) is 14.2 Å². The summed E-state index contributed by atoms with van der Waals surface area (Å²) in [6.45, 7) is 0. The molecule has 0 saturated carbocycles. The largest absolute Gasteiger partial charge is 0.497 e. The third-order valence-corrected chi connectivity index (χ3v) is 8.64. The minimum absolute atomic E-state index is 0.111. The fraction of sp³-hybridized carbons (Fsp3) is 0.152. The highest BCUT2D eigenvalue weighted by atomic mass is 32.2. The molecular formula is C33H30N6O4S2. The second kappa shape index (κ2) is 13.8. The van der Waals surface area contributed by atoms with Crippen LogP contribution in [0.15, 0.2) is 95.2 Å². The van der Waals surface area contributed by atoms with Gasteiger partial charge in [0.15, 0.2) is 10.3 Å². The maximum absolute atomic E-state index is 12.5. The van der Waals surface area contributed by atoms with Gasteiger partial charge in [0.25, 0.3) is 0 Å². The Bertz CT molecular complexity index is 1810. The van der Waals surface area contributed by atoms with Gasteiger partial charge in [-0.05, 0) is 66.1 Å². The van der Waals surface area contributed by atoms with Crippen LogP contribution in [0.5, 0.6) is 11.5 Å². The van der Waals surface area contributed by atoms with Gasteiger partial charge in [0, 0.05) is 23.5 Å². The quantitative estimate of drug-likeness (QED) is 0.112. The van der Waals surface area contributed by atoms with Crippen molar-refractivity contribution in [1.82, 2.24) is 19.9 Å². The Balaban J connectivity index is 0.944. The van der Waals surface area contributed by atoms with Crippen LogP contribution in [0.3, 0.4) is 0 Å². The number of aromatic amines is 2. The number of H-pyrrole nitrogens is 2. The number of rotatable bonds is 12. The first-order chi connectivity index (χ1) is 21.9. The van der Waals surface area contributed by atoms with Crippen molar-refractivity contribution in [2.24, 2.45) is 0 Å². The van der Waals surface area contributed by atoms with Crippen molar-refractivity contribution in [1.29, 1.82) is 0 Å². The van der Waals surface area contributed by atoms with Crippen LogP contribution in [0.4, 0.5) is 11.4 Å². The highest BCUT2D eigenvalue weighted by Gasteiger charge is 2.10. The molecule has 2 amide bonds. The Morgan fingerprint density at radius 1 is 0.644 bits per heavy atom. The molecule has 0 aliphatic heterocycles. The second-order valence-electron chi connectivity index (χ2n) is 10.1. The SMILES string of the molecule is COc1ccc2nc(SCC(=O)Nc3ccc(Cc4ccc(NC(=O)CSc5nc6ccc(OC)cc6[nH]5)cc4)cc3)[nH]c2c1. The zero-order valence-electron chi connectivity index (χ0n) is 24.5. The van der Waals surface area contributed by atoms with Crippen LogP contribution in [-0.2, 0) is 16.0 Å². The molecule has 0 fully saturated rings. The van der Waals surface area contributed by atoms with E-state index in [4.69, 9.17) is 9.47 Å². The topological polar surface area (TPSA) is 134 Å². The molecule has 6 aromatic rings. The number of nitrogens with one attached hydrogen (secondary N) is 4. The number of hydrogen-bond acceptors (Lipinski definition) is 8. The zero-order chi connectivity index (χ0) is 31.2. The number of ether oxygens (including phenoxy) is 2. The summed E-state index contributed by atoms with van der Waals surface area (Å²) in [5.74, 6) is 1.74. The van der Waals surface area contributed by atoms with Crippen LogP contribution < -0.4 is 20.1 Å². The molecule has 2 aromatic heterocycles. The van der Waals surface area contributed by atoms with Gasteiger partial charge < -0.3 is 30.1 Å². The van der Waals surface area contributed by atoms with Crippen LogP contribution in [0.2, 0.25) is 0 Å². The number of imidazole rings is 2. The molecule has 4 aromatic carbocycles. The van der Waals surface area contributed by atoms with E-state index in [9.17, 15) is 9.59 Å². The minimum Gasteiger partial charge on any atom is -0.497 e. The predicted octanol–water partition coefficient (Wildman–Crippen LogP) is 6.51. The number of hydrogen-bond donors (Lipinski definition) is 4. The molecule has 0 spiro atoms. The van der Waals surface area contributed by atoms with Gasteiger partial charge in [-0.15, -0.1) is 0 Å². The van der Waals surface area contributed by atoms with E-state index >= 15 is 0 Å². The lowest BCUT2D eigenvalue weighted by atomic mass is 10.0. The molecule has 0 bridgehead atoms. The molecule has 0 unspecified atom stereocenters. The van der Waals surface area contributed by atoms with Crippen LogP contribution in [0.1, 0.15) is 11.1 Å². The smallest absolute Gasteiger partial charge is 0.234 e. The third-order valence-electron chi connectivity index (χ3n) is 6.90. The summed E-state index contributed by atoms with van der Waals surface area (Å²) in [6, 6.07) is 26.8. The average Bonchev–Trinajstić information content (AvgIpc) is 3.67. The van der Waals surface area contributed by atoms with Crippen LogP contribution in [-0.4, -0.2) is 57.5 Å². The molecule has 45 heavy (non-hydrogen) atoms. The van der Waals surface area contributed by atoms with Crippen LogP contribution in [0.25, 0.3) is 22.1 Å². The molecule has 6 rings (SSSR count). The summed E-state index contributed by atoms with van der Waals surface area (Å²) in [5, 5.41) is 7.23. The molecule has 0 radical (unpaired) electrons. The molecule has 10 nitrogen and oxygen atoms in total. The lowest BCUT2D eigenvalue weighted by Gasteiger charge is -2.08. The standard InChI is InChI=1S/C33H30N6O4S2/c1-42-24-11-13-26-28(16-24)38-32(36-26)44-18-30(40)34-22-7-3-20(4-8-22)15-21-5-9-23(10-6-21)35-31(41)19-45-33-37-27-14-12-25(43-2)17-29(27)39-33/h3-14,16-17H,15,18-19H2,1-2H3,(H,34,40)(H,35,41)(H,36,38)(H,37,39). The predicted molar refractivity (Wildman–Crippen MR) is 180 cm³/mol. The van der Waals surface area contributed by atoms with E-state index in [2.05, 4.69) is 30.6 Å². The van der Waals surface area contributed by atoms with Crippen molar-refractivity contribution in [2.45, 2.75) is 16.7 Å². The molecule has 4 N–H and O–H groups in total. The van der Waals surface area contributed by atoms with Gasteiger partial charge in [0.1, 0.15) is 11.5 Å². The van der Waals surface area contributed by atoms with Crippen molar-refractivity contribution in [3.05, 3.63) is 96.1 Å². The number of fused-ring (bicyclic) bond motifs is 2. The van der Waals surface area contributed by atoms with Crippen molar-refractivity contribution >= 4 is 68.8 Å². The first-order valence-electron chi connectivity index (χ1n) is 14.0. The van der Waals surface area contributed by atoms with E-state index in [-0.39, 0.29) is 23.3 Å². The van der Waals surface area contributed by atoms with Crippen LogP contribution in [0, 0.1) is 0 Å². The van der Waals surface area contributed by atoms with Gasteiger partial charge in [0.2, 0.25) is 11.8 Å². The van der Waals surface area contributed by atoms with Gasteiger partial charge in [-0.25, -0.2) is 9.97 Å². The zero-order valence-corrected chi connectivity index (χ0v) is 26.2. The summed E-state index contributed by atoms with van der Waals surface area (Å²) >= 11 is 2.69. The number of aromatic nitrogens is 4. The highest BCUT2D eigenvalue weighted by Crippen LogP contribution is 2.25. The van der Waals surface area contributed by atoms with Gasteiger partial charge in [0.05, 0.1) is 47.8 Å². The number of nitrogens with zero attached hydrogens (tertiary/aromatic N) is 2. The Labute approximate surface area is 267 Å². The Kier molecular flexibility index (Phi) is 9.22. The normalized spacial score (nSPS) is 11.1. The first-order valence-corrected chi connectivity index (χ1v) is 16.0. The minimum atomic E-state index is -0.111. The number of amides is 2. The lowest BCUT2D eigenvalue weighted by Crippen LogP contribution is -2.14. The van der Waals surface area contributed by atoms with E-state index in [0.29, 0.717) is 10.3 Å². The Morgan fingerprint density at radius 2 is 1.07 bits per heavy atom. The lowest BCUT2D eigenvalue weighted by molar-refractivity contribution is -0.114. The first kappa shape index (κ1) is 30.1. The van der Waals surface area contributed by atoms with E-state index in [1.165, 1.54) is 23.5 Å². The van der Waals surface area contributed by atoms with Gasteiger partial charge in [-0.3, -0.25) is 9.59 Å².